The topological polar surface area (TPSA) is 198 Å². The zero-order valence-electron chi connectivity index (χ0n) is 19.1. The van der Waals surface area contributed by atoms with Gasteiger partial charge in [0.15, 0.2) is 0 Å². The highest BCUT2D eigenvalue weighted by Gasteiger charge is 2.01. The highest BCUT2D eigenvalue weighted by Crippen LogP contribution is 2.23. The number of nitrogens with one attached hydrogen (secondary N) is 2. The minimum absolute atomic E-state index is 0.0669. The Hall–Kier alpha value is -5.31. The zero-order chi connectivity index (χ0) is 26.7. The summed E-state index contributed by atoms with van der Waals surface area (Å²) >= 11 is 0. The monoisotopic (exact) mass is 486 g/mol. The molecule has 0 heterocycles. The van der Waals surface area contributed by atoms with Gasteiger partial charge in [0, 0.05) is 11.1 Å². The Labute approximate surface area is 207 Å². The summed E-state index contributed by atoms with van der Waals surface area (Å²) in [5, 5.41) is 46.9. The van der Waals surface area contributed by atoms with E-state index in [0.717, 1.165) is 22.3 Å². The maximum Gasteiger partial charge on any atom is 0.503 e. The molecule has 4 aromatic rings. The molecule has 0 bridgehead atoms. The quantitative estimate of drug-likeness (QED) is 0.148. The molecule has 4 aromatic carbocycles. The van der Waals surface area contributed by atoms with Crippen LogP contribution in [0.25, 0.3) is 22.3 Å². The largest absolute Gasteiger partial charge is 0.508 e. The van der Waals surface area contributed by atoms with Gasteiger partial charge in [0.25, 0.3) is 0 Å². The van der Waals surface area contributed by atoms with Gasteiger partial charge in [0.1, 0.15) is 23.2 Å². The summed E-state index contributed by atoms with van der Waals surface area (Å²) in [6.45, 7) is 0. The SMILES string of the molecule is N=C(N)c1ccc(-c2ccc(O)cc2)cc1.N=C(N)c1ccc(-c2ccc(O)cc2)cc1.O=C(O)O. The van der Waals surface area contributed by atoms with Crippen LogP contribution >= 0.6 is 0 Å². The van der Waals surface area contributed by atoms with E-state index in [1.165, 1.54) is 0 Å². The number of amidine groups is 2. The number of phenolic OH excluding ortho intramolecular Hbond substituents is 2. The van der Waals surface area contributed by atoms with Crippen molar-refractivity contribution in [2.75, 3.05) is 0 Å². The van der Waals surface area contributed by atoms with Gasteiger partial charge >= 0.3 is 6.16 Å². The lowest BCUT2D eigenvalue weighted by Gasteiger charge is -2.03. The highest BCUT2D eigenvalue weighted by molar-refractivity contribution is 5.95. The van der Waals surface area contributed by atoms with Crippen LogP contribution in [0.3, 0.4) is 0 Å². The third-order valence-electron chi connectivity index (χ3n) is 4.79. The first kappa shape index (κ1) is 26.9. The van der Waals surface area contributed by atoms with Gasteiger partial charge in [0.05, 0.1) is 0 Å². The molecule has 0 saturated heterocycles. The molecule has 36 heavy (non-hydrogen) atoms. The summed E-state index contributed by atoms with van der Waals surface area (Å²) < 4.78 is 0. The first-order valence-electron chi connectivity index (χ1n) is 10.5. The van der Waals surface area contributed by atoms with Crippen molar-refractivity contribution in [2.45, 2.75) is 0 Å². The molecule has 0 aliphatic rings. The molecule has 0 amide bonds. The predicted molar refractivity (Wildman–Crippen MR) is 140 cm³/mol. The number of nitrogens with two attached hydrogens (primary N) is 2. The molecule has 0 fully saturated rings. The molecule has 0 radical (unpaired) electrons. The molecule has 10 N–H and O–H groups in total. The lowest BCUT2D eigenvalue weighted by Crippen LogP contribution is -2.10. The molecule has 0 unspecified atom stereocenters. The zero-order valence-corrected chi connectivity index (χ0v) is 19.1. The van der Waals surface area contributed by atoms with Crippen molar-refractivity contribution in [1.29, 1.82) is 10.8 Å². The first-order valence-corrected chi connectivity index (χ1v) is 10.5. The van der Waals surface area contributed by atoms with E-state index in [9.17, 15) is 10.2 Å². The summed E-state index contributed by atoms with van der Waals surface area (Å²) in [6.07, 6.45) is -1.83. The summed E-state index contributed by atoms with van der Waals surface area (Å²) in [5.41, 5.74) is 16.3. The average Bonchev–Trinajstić information content (AvgIpc) is 2.85. The molecular weight excluding hydrogens is 460 g/mol. The Morgan fingerprint density at radius 1 is 0.500 bits per heavy atom. The lowest BCUT2D eigenvalue weighted by molar-refractivity contribution is 0.137. The van der Waals surface area contributed by atoms with Gasteiger partial charge in [-0.25, -0.2) is 4.79 Å². The van der Waals surface area contributed by atoms with E-state index >= 15 is 0 Å². The molecule has 0 spiro atoms. The Bertz CT molecular complexity index is 1200. The molecule has 4 rings (SSSR count). The number of carbonyl (C=O) groups is 1. The average molecular weight is 487 g/mol. The Balaban J connectivity index is 0.000000221. The van der Waals surface area contributed by atoms with Crippen molar-refractivity contribution < 1.29 is 25.2 Å². The minimum atomic E-state index is -1.83. The van der Waals surface area contributed by atoms with Crippen LogP contribution in [0.2, 0.25) is 0 Å². The summed E-state index contributed by atoms with van der Waals surface area (Å²) in [4.78, 5) is 8.56. The third kappa shape index (κ3) is 8.56. The standard InChI is InChI=1S/2C13H12N2O.CH2O3/c2*14-13(15)11-3-1-9(2-4-11)10-5-7-12(16)8-6-10;2-1(3)4/h2*1-8,16H,(H3,14,15);(H2,2,3,4). The van der Waals surface area contributed by atoms with E-state index in [1.807, 2.05) is 72.8 Å². The van der Waals surface area contributed by atoms with Crippen LogP contribution in [0.5, 0.6) is 11.5 Å². The molecule has 0 aliphatic heterocycles. The van der Waals surface area contributed by atoms with Crippen LogP contribution < -0.4 is 11.5 Å². The molecule has 9 heteroatoms. The van der Waals surface area contributed by atoms with Crippen molar-refractivity contribution in [1.82, 2.24) is 0 Å². The molecular formula is C27H26N4O5. The van der Waals surface area contributed by atoms with Gasteiger partial charge in [-0.05, 0) is 46.5 Å². The number of nitrogen functional groups attached to an aromatic ring is 2. The molecule has 0 aromatic heterocycles. The second kappa shape index (κ2) is 12.8. The van der Waals surface area contributed by atoms with Crippen molar-refractivity contribution in [3.05, 3.63) is 108 Å². The number of carboxylic acid groups (broad SMARTS) is 2. The Kier molecular flexibility index (Phi) is 9.58. The van der Waals surface area contributed by atoms with Crippen molar-refractivity contribution in [3.8, 4) is 33.8 Å². The fourth-order valence-electron chi connectivity index (χ4n) is 2.99. The maximum absolute atomic E-state index is 9.18. The molecule has 0 aliphatic carbocycles. The number of hydrogen-bond acceptors (Lipinski definition) is 5. The smallest absolute Gasteiger partial charge is 0.503 e. The second-order valence-electron chi connectivity index (χ2n) is 7.36. The Morgan fingerprint density at radius 3 is 0.889 bits per heavy atom. The number of aromatic hydroxyl groups is 2. The number of hydrogen-bond donors (Lipinski definition) is 8. The van der Waals surface area contributed by atoms with Crippen LogP contribution in [0.4, 0.5) is 4.79 Å². The van der Waals surface area contributed by atoms with Gasteiger partial charge in [0.2, 0.25) is 0 Å². The normalized spacial score (nSPS) is 9.56. The maximum atomic E-state index is 9.18. The van der Waals surface area contributed by atoms with Crippen LogP contribution in [0.15, 0.2) is 97.1 Å². The molecule has 0 atom stereocenters. The number of benzene rings is 4. The summed E-state index contributed by atoms with van der Waals surface area (Å²) in [5.74, 6) is 0.641. The van der Waals surface area contributed by atoms with E-state index in [0.29, 0.717) is 11.1 Å². The van der Waals surface area contributed by atoms with Gasteiger partial charge in [-0.15, -0.1) is 0 Å². The van der Waals surface area contributed by atoms with E-state index in [2.05, 4.69) is 0 Å². The van der Waals surface area contributed by atoms with Gasteiger partial charge in [-0.1, -0.05) is 72.8 Å². The number of phenols is 2. The van der Waals surface area contributed by atoms with Crippen LogP contribution in [-0.2, 0) is 0 Å². The van der Waals surface area contributed by atoms with Gasteiger partial charge < -0.3 is 31.9 Å². The summed E-state index contributed by atoms with van der Waals surface area (Å²) in [7, 11) is 0. The lowest BCUT2D eigenvalue weighted by atomic mass is 10.0. The molecule has 9 nitrogen and oxygen atoms in total. The van der Waals surface area contributed by atoms with E-state index in [-0.39, 0.29) is 23.2 Å². The van der Waals surface area contributed by atoms with Crippen molar-refractivity contribution >= 4 is 17.8 Å². The fraction of sp³-hybridized carbons (Fsp3) is 0. The predicted octanol–water partition coefficient (Wildman–Crippen LogP) is 4.91. The first-order chi connectivity index (χ1) is 17.1. The van der Waals surface area contributed by atoms with Crippen LogP contribution in [0.1, 0.15) is 11.1 Å². The second-order valence-corrected chi connectivity index (χ2v) is 7.36. The van der Waals surface area contributed by atoms with E-state index < -0.39 is 6.16 Å². The van der Waals surface area contributed by atoms with Gasteiger partial charge in [-0.3, -0.25) is 10.8 Å². The minimum Gasteiger partial charge on any atom is -0.508 e. The summed E-state index contributed by atoms with van der Waals surface area (Å²) in [6, 6.07) is 28.8. The van der Waals surface area contributed by atoms with E-state index in [4.69, 9.17) is 37.3 Å². The third-order valence-corrected chi connectivity index (χ3v) is 4.79. The molecule has 0 saturated carbocycles. The van der Waals surface area contributed by atoms with Crippen LogP contribution in [0, 0.1) is 10.8 Å². The number of rotatable bonds is 4. The fourth-order valence-corrected chi connectivity index (χ4v) is 2.99. The Morgan fingerprint density at radius 2 is 0.694 bits per heavy atom. The van der Waals surface area contributed by atoms with Crippen molar-refractivity contribution in [3.63, 3.8) is 0 Å². The highest BCUT2D eigenvalue weighted by atomic mass is 16.6. The van der Waals surface area contributed by atoms with Gasteiger partial charge in [-0.2, -0.15) is 0 Å². The van der Waals surface area contributed by atoms with Crippen LogP contribution in [-0.4, -0.2) is 38.3 Å². The molecule has 184 valence electrons. The van der Waals surface area contributed by atoms with E-state index in [1.54, 1.807) is 24.3 Å². The van der Waals surface area contributed by atoms with Crippen molar-refractivity contribution in [2.24, 2.45) is 11.5 Å².